The van der Waals surface area contributed by atoms with E-state index >= 15 is 0 Å². The first-order chi connectivity index (χ1) is 10.7. The molecule has 0 aliphatic carbocycles. The van der Waals surface area contributed by atoms with Crippen LogP contribution >= 0.6 is 0 Å². The molecule has 0 amide bonds. The van der Waals surface area contributed by atoms with E-state index in [-0.39, 0.29) is 0 Å². The molecule has 1 nitrogen and oxygen atoms in total. The Morgan fingerprint density at radius 2 is 1.77 bits per heavy atom. The van der Waals surface area contributed by atoms with E-state index in [0.29, 0.717) is 0 Å². The summed E-state index contributed by atoms with van der Waals surface area (Å²) < 4.78 is 0. The zero-order valence-corrected chi connectivity index (χ0v) is 13.9. The molecule has 0 aromatic heterocycles. The van der Waals surface area contributed by atoms with Crippen molar-refractivity contribution in [3.63, 3.8) is 0 Å². The third-order valence-electron chi connectivity index (χ3n) is 4.03. The number of hydrogen-bond donors (Lipinski definition) is 1. The Morgan fingerprint density at radius 3 is 2.45 bits per heavy atom. The molecule has 0 aliphatic rings. The molecule has 0 spiro atoms. The number of rotatable bonds is 8. The van der Waals surface area contributed by atoms with E-state index in [2.05, 4.69) is 74.3 Å². The Morgan fingerprint density at radius 1 is 1.00 bits per heavy atom. The van der Waals surface area contributed by atoms with E-state index in [4.69, 9.17) is 0 Å². The average Bonchev–Trinajstić information content (AvgIpc) is 2.54. The maximum absolute atomic E-state index is 4.14. The SMILES string of the molecule is C=C(CCc1ccccc1)NCc1ccc(CCC)c(C)c1. The standard InChI is InChI=1S/C21H27N/c1-4-8-21-14-13-20(15-17(21)2)16-22-18(3)11-12-19-9-6-5-7-10-19/h5-7,9-10,13-15,22H,3-4,8,11-12,16H2,1-2H3. The Labute approximate surface area is 135 Å². The van der Waals surface area contributed by atoms with Gasteiger partial charge in [-0.15, -0.1) is 0 Å². The maximum atomic E-state index is 4.14. The summed E-state index contributed by atoms with van der Waals surface area (Å²) in [7, 11) is 0. The van der Waals surface area contributed by atoms with E-state index < -0.39 is 0 Å². The van der Waals surface area contributed by atoms with Gasteiger partial charge in [0.15, 0.2) is 0 Å². The summed E-state index contributed by atoms with van der Waals surface area (Å²) in [6.07, 6.45) is 4.40. The van der Waals surface area contributed by atoms with Crippen LogP contribution in [0.3, 0.4) is 0 Å². The predicted octanol–water partition coefficient (Wildman–Crippen LogP) is 5.18. The molecule has 2 aromatic rings. The van der Waals surface area contributed by atoms with Crippen molar-refractivity contribution in [3.05, 3.63) is 83.1 Å². The maximum Gasteiger partial charge on any atom is 0.0397 e. The van der Waals surface area contributed by atoms with Gasteiger partial charge in [0.1, 0.15) is 0 Å². The Balaban J connectivity index is 1.80. The molecule has 1 N–H and O–H groups in total. The molecule has 116 valence electrons. The van der Waals surface area contributed by atoms with Crippen LogP contribution in [-0.4, -0.2) is 0 Å². The summed E-state index contributed by atoms with van der Waals surface area (Å²) in [6, 6.07) is 17.4. The monoisotopic (exact) mass is 293 g/mol. The summed E-state index contributed by atoms with van der Waals surface area (Å²) in [5.41, 5.74) is 6.67. The second-order valence-electron chi connectivity index (χ2n) is 5.95. The van der Waals surface area contributed by atoms with Gasteiger partial charge in [0.2, 0.25) is 0 Å². The molecule has 0 fully saturated rings. The van der Waals surface area contributed by atoms with Gasteiger partial charge in [0, 0.05) is 12.2 Å². The quantitative estimate of drug-likeness (QED) is 0.707. The molecular weight excluding hydrogens is 266 g/mol. The smallest absolute Gasteiger partial charge is 0.0397 e. The van der Waals surface area contributed by atoms with Crippen LogP contribution in [0.2, 0.25) is 0 Å². The molecule has 0 unspecified atom stereocenters. The molecule has 0 atom stereocenters. The van der Waals surface area contributed by atoms with E-state index in [9.17, 15) is 0 Å². The summed E-state index contributed by atoms with van der Waals surface area (Å²) in [5, 5.41) is 3.45. The van der Waals surface area contributed by atoms with Crippen LogP contribution in [0, 0.1) is 6.92 Å². The van der Waals surface area contributed by atoms with E-state index in [0.717, 1.165) is 25.1 Å². The molecule has 1 heteroatoms. The van der Waals surface area contributed by atoms with Gasteiger partial charge in [-0.1, -0.05) is 68.5 Å². The van der Waals surface area contributed by atoms with Crippen molar-refractivity contribution in [2.24, 2.45) is 0 Å². The number of benzene rings is 2. The second-order valence-corrected chi connectivity index (χ2v) is 5.95. The summed E-state index contributed by atoms with van der Waals surface area (Å²) in [5.74, 6) is 0. The van der Waals surface area contributed by atoms with Gasteiger partial charge in [0.25, 0.3) is 0 Å². The highest BCUT2D eigenvalue weighted by atomic mass is 14.9. The molecule has 2 rings (SSSR count). The first-order valence-electron chi connectivity index (χ1n) is 8.23. The minimum absolute atomic E-state index is 0.862. The molecule has 0 saturated heterocycles. The van der Waals surface area contributed by atoms with Crippen molar-refractivity contribution < 1.29 is 0 Å². The molecule has 0 saturated carbocycles. The Hall–Kier alpha value is -2.02. The van der Waals surface area contributed by atoms with Crippen molar-refractivity contribution in [1.82, 2.24) is 5.32 Å². The topological polar surface area (TPSA) is 12.0 Å². The van der Waals surface area contributed by atoms with Gasteiger partial charge in [-0.25, -0.2) is 0 Å². The lowest BCUT2D eigenvalue weighted by molar-refractivity contribution is 0.748. The number of hydrogen-bond acceptors (Lipinski definition) is 1. The summed E-state index contributed by atoms with van der Waals surface area (Å²) in [4.78, 5) is 0. The molecular formula is C21H27N. The van der Waals surface area contributed by atoms with Crippen LogP contribution in [0.5, 0.6) is 0 Å². The van der Waals surface area contributed by atoms with Crippen LogP contribution in [-0.2, 0) is 19.4 Å². The molecule has 0 heterocycles. The lowest BCUT2D eigenvalue weighted by Crippen LogP contribution is -2.12. The lowest BCUT2D eigenvalue weighted by atomic mass is 10.0. The van der Waals surface area contributed by atoms with Crippen molar-refractivity contribution >= 4 is 0 Å². The predicted molar refractivity (Wildman–Crippen MR) is 95.9 cm³/mol. The normalized spacial score (nSPS) is 10.5. The van der Waals surface area contributed by atoms with Gasteiger partial charge < -0.3 is 5.32 Å². The van der Waals surface area contributed by atoms with Crippen LogP contribution in [0.4, 0.5) is 0 Å². The lowest BCUT2D eigenvalue weighted by Gasteiger charge is -2.12. The molecule has 0 radical (unpaired) electrons. The second kappa shape index (κ2) is 8.43. The van der Waals surface area contributed by atoms with E-state index in [1.54, 1.807) is 0 Å². The summed E-state index contributed by atoms with van der Waals surface area (Å²) in [6.45, 7) is 9.44. The van der Waals surface area contributed by atoms with Crippen LogP contribution in [0.1, 0.15) is 42.0 Å². The molecule has 2 aromatic carbocycles. The van der Waals surface area contributed by atoms with Crippen LogP contribution < -0.4 is 5.32 Å². The van der Waals surface area contributed by atoms with Crippen molar-refractivity contribution in [1.29, 1.82) is 0 Å². The van der Waals surface area contributed by atoms with Crippen molar-refractivity contribution in [3.8, 4) is 0 Å². The van der Waals surface area contributed by atoms with Crippen molar-refractivity contribution in [2.75, 3.05) is 0 Å². The van der Waals surface area contributed by atoms with E-state index in [1.807, 2.05) is 0 Å². The van der Waals surface area contributed by atoms with Crippen molar-refractivity contribution in [2.45, 2.75) is 46.1 Å². The highest BCUT2D eigenvalue weighted by Gasteiger charge is 2.01. The Kier molecular flexibility index (Phi) is 6.27. The number of nitrogens with one attached hydrogen (secondary N) is 1. The van der Waals surface area contributed by atoms with Gasteiger partial charge in [-0.05, 0) is 48.4 Å². The zero-order chi connectivity index (χ0) is 15.8. The minimum Gasteiger partial charge on any atom is -0.385 e. The first kappa shape index (κ1) is 16.4. The fourth-order valence-electron chi connectivity index (χ4n) is 2.67. The summed E-state index contributed by atoms with van der Waals surface area (Å²) >= 11 is 0. The first-order valence-corrected chi connectivity index (χ1v) is 8.23. The van der Waals surface area contributed by atoms with Gasteiger partial charge >= 0.3 is 0 Å². The third-order valence-corrected chi connectivity index (χ3v) is 4.03. The fourth-order valence-corrected chi connectivity index (χ4v) is 2.67. The zero-order valence-electron chi connectivity index (χ0n) is 13.9. The molecule has 0 aliphatic heterocycles. The number of allylic oxidation sites excluding steroid dienone is 1. The van der Waals surface area contributed by atoms with Gasteiger partial charge in [0.05, 0.1) is 0 Å². The minimum atomic E-state index is 0.862. The highest BCUT2D eigenvalue weighted by Crippen LogP contribution is 2.14. The third kappa shape index (κ3) is 5.07. The fraction of sp³-hybridized carbons (Fsp3) is 0.333. The average molecular weight is 293 g/mol. The number of aryl methyl sites for hydroxylation is 3. The largest absolute Gasteiger partial charge is 0.385 e. The van der Waals surface area contributed by atoms with E-state index in [1.165, 1.54) is 35.1 Å². The van der Waals surface area contributed by atoms with Crippen LogP contribution in [0.15, 0.2) is 60.8 Å². The Bertz CT molecular complexity index is 599. The van der Waals surface area contributed by atoms with Crippen LogP contribution in [0.25, 0.3) is 0 Å². The molecule has 22 heavy (non-hydrogen) atoms. The highest BCUT2D eigenvalue weighted by molar-refractivity contribution is 5.31. The van der Waals surface area contributed by atoms with Gasteiger partial charge in [-0.3, -0.25) is 0 Å². The van der Waals surface area contributed by atoms with Gasteiger partial charge in [-0.2, -0.15) is 0 Å². The molecule has 0 bridgehead atoms.